The van der Waals surface area contributed by atoms with Gasteiger partial charge in [0.2, 0.25) is 0 Å². The van der Waals surface area contributed by atoms with Gasteiger partial charge < -0.3 is 20.4 Å². The predicted molar refractivity (Wildman–Crippen MR) is 90.9 cm³/mol. The summed E-state index contributed by atoms with van der Waals surface area (Å²) in [6, 6.07) is 5.10. The van der Waals surface area contributed by atoms with Crippen LogP contribution in [-0.4, -0.2) is 34.3 Å². The summed E-state index contributed by atoms with van der Waals surface area (Å²) >= 11 is 0. The van der Waals surface area contributed by atoms with Gasteiger partial charge in [-0.15, -0.1) is 11.5 Å². The second kappa shape index (κ2) is 6.93. The number of benzene rings is 1. The molecule has 0 spiro atoms. The van der Waals surface area contributed by atoms with Crippen LogP contribution in [0.25, 0.3) is 0 Å². The lowest BCUT2D eigenvalue weighted by atomic mass is 9.93. The largest absolute Gasteiger partial charge is 0.507 e. The van der Waals surface area contributed by atoms with E-state index in [1.165, 1.54) is 0 Å². The minimum absolute atomic E-state index is 0.0113. The summed E-state index contributed by atoms with van der Waals surface area (Å²) in [7, 11) is 1.87. The Kier molecular flexibility index (Phi) is 4.72. The van der Waals surface area contributed by atoms with Gasteiger partial charge in [-0.1, -0.05) is 18.8 Å². The van der Waals surface area contributed by atoms with Crippen LogP contribution in [0, 0.1) is 12.3 Å². The van der Waals surface area contributed by atoms with Crippen molar-refractivity contribution in [2.24, 2.45) is 10.2 Å². The SMILES string of the molecule is C#Cc1ccc(C2N=NC(N[C@@H]3CCCC[C@H]3O)=CN2C)c(O)c1. The van der Waals surface area contributed by atoms with Crippen molar-refractivity contribution in [3.63, 3.8) is 0 Å². The first-order chi connectivity index (χ1) is 11.6. The van der Waals surface area contributed by atoms with Gasteiger partial charge in [-0.2, -0.15) is 5.11 Å². The molecule has 1 fully saturated rings. The number of azo groups is 1. The number of phenols is 1. The van der Waals surface area contributed by atoms with Crippen LogP contribution in [0.4, 0.5) is 0 Å². The zero-order valence-electron chi connectivity index (χ0n) is 13.7. The number of nitrogens with one attached hydrogen (secondary N) is 1. The number of rotatable bonds is 3. The molecule has 3 atom stereocenters. The molecule has 0 bridgehead atoms. The van der Waals surface area contributed by atoms with Crippen LogP contribution in [0.15, 0.2) is 40.4 Å². The van der Waals surface area contributed by atoms with E-state index in [0.717, 1.165) is 25.7 Å². The Hall–Kier alpha value is -2.52. The molecule has 126 valence electrons. The Labute approximate surface area is 141 Å². The molecule has 0 saturated heterocycles. The van der Waals surface area contributed by atoms with Gasteiger partial charge in [0.05, 0.1) is 12.1 Å². The number of aromatic hydroxyl groups is 1. The lowest BCUT2D eigenvalue weighted by molar-refractivity contribution is 0.0945. The number of terminal acetylenes is 1. The van der Waals surface area contributed by atoms with E-state index in [1.54, 1.807) is 18.2 Å². The Morgan fingerprint density at radius 1 is 1.33 bits per heavy atom. The Bertz CT molecular complexity index is 707. The molecule has 6 heteroatoms. The molecule has 0 aromatic heterocycles. The molecular weight excluding hydrogens is 304 g/mol. The first-order valence-corrected chi connectivity index (χ1v) is 8.17. The Morgan fingerprint density at radius 2 is 2.12 bits per heavy atom. The molecule has 1 heterocycles. The van der Waals surface area contributed by atoms with Gasteiger partial charge in [0, 0.05) is 24.4 Å². The van der Waals surface area contributed by atoms with E-state index < -0.39 is 6.17 Å². The molecule has 2 aliphatic rings. The van der Waals surface area contributed by atoms with Gasteiger partial charge in [0.25, 0.3) is 0 Å². The van der Waals surface area contributed by atoms with Gasteiger partial charge in [-0.3, -0.25) is 0 Å². The maximum absolute atomic E-state index is 10.2. The first kappa shape index (κ1) is 16.3. The van der Waals surface area contributed by atoms with Crippen LogP contribution in [0.2, 0.25) is 0 Å². The fourth-order valence-electron chi connectivity index (χ4n) is 3.16. The standard InChI is InChI=1S/C18H22N4O2/c1-3-12-8-9-13(16(24)10-12)18-21-20-17(11-22(18)2)19-14-6-4-5-7-15(14)23/h1,8-11,14-15,18-19,23-24H,4-7H2,2H3/t14-,15-,18?/m1/s1. The fourth-order valence-corrected chi connectivity index (χ4v) is 3.16. The average Bonchev–Trinajstić information content (AvgIpc) is 2.57. The summed E-state index contributed by atoms with van der Waals surface area (Å²) in [6.07, 6.45) is 10.3. The normalized spacial score (nSPS) is 26.6. The van der Waals surface area contributed by atoms with Gasteiger partial charge in [0.1, 0.15) is 5.75 Å². The van der Waals surface area contributed by atoms with E-state index in [4.69, 9.17) is 6.42 Å². The molecule has 3 N–H and O–H groups in total. The quantitative estimate of drug-likeness (QED) is 0.746. The van der Waals surface area contributed by atoms with E-state index in [9.17, 15) is 10.2 Å². The molecule has 1 aromatic carbocycles. The molecule has 0 amide bonds. The lowest BCUT2D eigenvalue weighted by Gasteiger charge is -2.32. The summed E-state index contributed by atoms with van der Waals surface area (Å²) in [6.45, 7) is 0. The molecular formula is C18H22N4O2. The zero-order chi connectivity index (χ0) is 17.1. The van der Waals surface area contributed by atoms with Gasteiger partial charge in [-0.05, 0) is 31.0 Å². The summed E-state index contributed by atoms with van der Waals surface area (Å²) < 4.78 is 0. The minimum atomic E-state index is -0.404. The van der Waals surface area contributed by atoms with Crippen LogP contribution in [0.5, 0.6) is 5.75 Å². The van der Waals surface area contributed by atoms with Crippen LogP contribution in [0.1, 0.15) is 43.0 Å². The highest BCUT2D eigenvalue weighted by Gasteiger charge is 2.26. The Morgan fingerprint density at radius 3 is 2.79 bits per heavy atom. The van der Waals surface area contributed by atoms with Crippen LogP contribution in [0.3, 0.4) is 0 Å². The molecule has 3 rings (SSSR count). The number of aliphatic hydroxyl groups is 1. The molecule has 1 aromatic rings. The fraction of sp³-hybridized carbons (Fsp3) is 0.444. The van der Waals surface area contributed by atoms with E-state index >= 15 is 0 Å². The summed E-state index contributed by atoms with van der Waals surface area (Å²) in [4.78, 5) is 1.87. The molecule has 0 radical (unpaired) electrons. The van der Waals surface area contributed by atoms with Crippen molar-refractivity contribution < 1.29 is 10.2 Å². The third-order valence-corrected chi connectivity index (χ3v) is 4.52. The maximum atomic E-state index is 10.2. The third kappa shape index (κ3) is 3.36. The van der Waals surface area contributed by atoms with Gasteiger partial charge >= 0.3 is 0 Å². The summed E-state index contributed by atoms with van der Waals surface area (Å²) in [5.41, 5.74) is 1.27. The van der Waals surface area contributed by atoms with Crippen molar-refractivity contribution >= 4 is 0 Å². The second-order valence-electron chi connectivity index (χ2n) is 6.29. The van der Waals surface area contributed by atoms with Crippen LogP contribution < -0.4 is 5.32 Å². The highest BCUT2D eigenvalue weighted by Crippen LogP contribution is 2.33. The highest BCUT2D eigenvalue weighted by atomic mass is 16.3. The molecule has 1 unspecified atom stereocenters. The van der Waals surface area contributed by atoms with Crippen molar-refractivity contribution in [2.45, 2.75) is 44.0 Å². The van der Waals surface area contributed by atoms with Crippen molar-refractivity contribution in [1.82, 2.24) is 10.2 Å². The number of aliphatic hydroxyl groups excluding tert-OH is 1. The van der Waals surface area contributed by atoms with Crippen molar-refractivity contribution in [3.05, 3.63) is 41.3 Å². The molecule has 6 nitrogen and oxygen atoms in total. The summed E-state index contributed by atoms with van der Waals surface area (Å²) in [5, 5.41) is 32.0. The number of hydrogen-bond acceptors (Lipinski definition) is 6. The highest BCUT2D eigenvalue weighted by molar-refractivity contribution is 5.44. The number of phenolic OH excluding ortho intramolecular Hbond substituents is 1. The van der Waals surface area contributed by atoms with E-state index in [2.05, 4.69) is 21.5 Å². The topological polar surface area (TPSA) is 80.5 Å². The number of hydrogen-bond donors (Lipinski definition) is 3. The van der Waals surface area contributed by atoms with Gasteiger partial charge in [0.15, 0.2) is 12.0 Å². The van der Waals surface area contributed by atoms with E-state index in [-0.39, 0.29) is 17.9 Å². The maximum Gasteiger partial charge on any atom is 0.171 e. The average molecular weight is 326 g/mol. The van der Waals surface area contributed by atoms with Crippen LogP contribution in [-0.2, 0) is 0 Å². The van der Waals surface area contributed by atoms with E-state index in [0.29, 0.717) is 16.9 Å². The van der Waals surface area contributed by atoms with Crippen molar-refractivity contribution in [2.75, 3.05) is 7.05 Å². The minimum Gasteiger partial charge on any atom is -0.507 e. The number of nitrogens with zero attached hydrogens (tertiary/aromatic N) is 3. The predicted octanol–water partition coefficient (Wildman–Crippen LogP) is 2.46. The monoisotopic (exact) mass is 326 g/mol. The van der Waals surface area contributed by atoms with Crippen molar-refractivity contribution in [1.29, 1.82) is 0 Å². The van der Waals surface area contributed by atoms with Crippen molar-refractivity contribution in [3.8, 4) is 18.1 Å². The molecule has 1 aliphatic heterocycles. The molecule has 1 aliphatic carbocycles. The Balaban J connectivity index is 1.72. The van der Waals surface area contributed by atoms with Gasteiger partial charge in [-0.25, -0.2) is 0 Å². The third-order valence-electron chi connectivity index (χ3n) is 4.52. The second-order valence-corrected chi connectivity index (χ2v) is 6.29. The smallest absolute Gasteiger partial charge is 0.171 e. The zero-order valence-corrected chi connectivity index (χ0v) is 13.7. The van der Waals surface area contributed by atoms with E-state index in [1.807, 2.05) is 18.1 Å². The molecule has 24 heavy (non-hydrogen) atoms. The summed E-state index contributed by atoms with van der Waals surface area (Å²) in [5.74, 6) is 3.22. The molecule has 1 saturated carbocycles. The first-order valence-electron chi connectivity index (χ1n) is 8.17. The van der Waals surface area contributed by atoms with Crippen LogP contribution >= 0.6 is 0 Å². The lowest BCUT2D eigenvalue weighted by Crippen LogP contribution is -2.42.